The van der Waals surface area contributed by atoms with Crippen LogP contribution in [0.25, 0.3) is 0 Å². The molecule has 1 heterocycles. The summed E-state index contributed by atoms with van der Waals surface area (Å²) in [6.07, 6.45) is 0.709. The van der Waals surface area contributed by atoms with Gasteiger partial charge in [0.1, 0.15) is 6.54 Å². The van der Waals surface area contributed by atoms with Gasteiger partial charge in [-0.05, 0) is 69.2 Å². The molecule has 1 aliphatic heterocycles. The Labute approximate surface area is 221 Å². The number of hydrogen-bond donors (Lipinski definition) is 1. The molecule has 210 valence electrons. The van der Waals surface area contributed by atoms with Gasteiger partial charge in [0, 0.05) is 12.6 Å². The lowest BCUT2D eigenvalue weighted by molar-refractivity contribution is -0.137. The number of hydrogen-bond acceptors (Lipinski definition) is 6. The van der Waals surface area contributed by atoms with E-state index >= 15 is 0 Å². The fourth-order valence-electron chi connectivity index (χ4n) is 4.33. The number of sulfonamides is 1. The molecule has 1 saturated heterocycles. The first-order valence-corrected chi connectivity index (χ1v) is 13.9. The Bertz CT molecular complexity index is 1180. The third kappa shape index (κ3) is 7.76. The monoisotopic (exact) mass is 557 g/mol. The topological polar surface area (TPSA) is 88.2 Å². The predicted molar refractivity (Wildman–Crippen MR) is 138 cm³/mol. The van der Waals surface area contributed by atoms with E-state index in [2.05, 4.69) is 10.2 Å². The Kier molecular flexibility index (Phi) is 10.3. The van der Waals surface area contributed by atoms with E-state index in [0.29, 0.717) is 23.3 Å². The fraction of sp³-hybridized carbons (Fsp3) is 0.500. The van der Waals surface area contributed by atoms with Gasteiger partial charge in [0.2, 0.25) is 5.91 Å². The van der Waals surface area contributed by atoms with Crippen LogP contribution in [0.5, 0.6) is 11.5 Å². The Morgan fingerprint density at radius 2 is 1.68 bits per heavy atom. The first kappa shape index (κ1) is 29.6. The van der Waals surface area contributed by atoms with Gasteiger partial charge in [-0.3, -0.25) is 9.10 Å². The number of carbonyl (C=O) groups excluding carboxylic acids is 1. The number of rotatable bonds is 11. The van der Waals surface area contributed by atoms with E-state index in [4.69, 9.17) is 9.47 Å². The number of alkyl halides is 3. The Balaban J connectivity index is 1.81. The molecule has 0 bridgehead atoms. The van der Waals surface area contributed by atoms with E-state index < -0.39 is 34.2 Å². The maximum atomic E-state index is 13.6. The highest BCUT2D eigenvalue weighted by molar-refractivity contribution is 7.92. The van der Waals surface area contributed by atoms with Gasteiger partial charge in [-0.25, -0.2) is 8.42 Å². The fourth-order valence-corrected chi connectivity index (χ4v) is 5.76. The molecule has 12 heteroatoms. The molecule has 0 aliphatic carbocycles. The van der Waals surface area contributed by atoms with Crippen LogP contribution in [0.3, 0.4) is 0 Å². The standard InChI is InChI=1S/C26H34F3N3O5S/c1-36-23-12-11-22(18-24(23)37-2)38(34,35)32(21-10-7-9-20(17-21)26(27,28)29)19-25(33)30-13-8-16-31-14-5-3-4-6-15-31/h7,9-12,17-18H,3-6,8,13-16,19H2,1-2H3,(H,30,33). The first-order valence-electron chi connectivity index (χ1n) is 12.5. The number of amides is 1. The van der Waals surface area contributed by atoms with Crippen molar-refractivity contribution < 1.29 is 35.9 Å². The molecule has 0 radical (unpaired) electrons. The van der Waals surface area contributed by atoms with Crippen LogP contribution in [-0.4, -0.2) is 66.2 Å². The summed E-state index contributed by atoms with van der Waals surface area (Å²) in [5, 5.41) is 2.71. The van der Waals surface area contributed by atoms with Gasteiger partial charge in [0.15, 0.2) is 11.5 Å². The summed E-state index contributed by atoms with van der Waals surface area (Å²) in [6.45, 7) is 2.47. The van der Waals surface area contributed by atoms with Crippen molar-refractivity contribution in [1.29, 1.82) is 0 Å². The molecule has 38 heavy (non-hydrogen) atoms. The molecule has 0 spiro atoms. The first-order chi connectivity index (χ1) is 18.1. The van der Waals surface area contributed by atoms with Crippen molar-refractivity contribution in [2.75, 3.05) is 51.2 Å². The number of benzene rings is 2. The van der Waals surface area contributed by atoms with Crippen LogP contribution >= 0.6 is 0 Å². The highest BCUT2D eigenvalue weighted by atomic mass is 32.2. The second kappa shape index (κ2) is 13.2. The lowest BCUT2D eigenvalue weighted by Gasteiger charge is -2.25. The zero-order valence-electron chi connectivity index (χ0n) is 21.6. The van der Waals surface area contributed by atoms with Crippen LogP contribution in [-0.2, 0) is 21.0 Å². The second-order valence-corrected chi connectivity index (χ2v) is 10.9. The van der Waals surface area contributed by atoms with Gasteiger partial charge in [-0.15, -0.1) is 0 Å². The number of likely N-dealkylation sites (tertiary alicyclic amines) is 1. The molecule has 1 aliphatic rings. The summed E-state index contributed by atoms with van der Waals surface area (Å²) in [4.78, 5) is 14.9. The lowest BCUT2D eigenvalue weighted by Crippen LogP contribution is -2.41. The molecular formula is C26H34F3N3O5S. The van der Waals surface area contributed by atoms with Crippen molar-refractivity contribution in [3.63, 3.8) is 0 Å². The van der Waals surface area contributed by atoms with E-state index in [-0.39, 0.29) is 22.1 Å². The summed E-state index contributed by atoms with van der Waals surface area (Å²) in [5.74, 6) is -0.225. The van der Waals surface area contributed by atoms with Crippen molar-refractivity contribution in [3.8, 4) is 11.5 Å². The molecule has 1 N–H and O–H groups in total. The summed E-state index contributed by atoms with van der Waals surface area (Å²) in [7, 11) is -1.74. The zero-order chi connectivity index (χ0) is 27.8. The molecule has 8 nitrogen and oxygen atoms in total. The number of anilines is 1. The van der Waals surface area contributed by atoms with Gasteiger partial charge >= 0.3 is 6.18 Å². The molecule has 2 aromatic carbocycles. The van der Waals surface area contributed by atoms with Crippen LogP contribution in [0, 0.1) is 0 Å². The zero-order valence-corrected chi connectivity index (χ0v) is 22.4. The molecule has 0 saturated carbocycles. The van der Waals surface area contributed by atoms with Crippen LogP contribution in [0.4, 0.5) is 18.9 Å². The molecule has 3 rings (SSSR count). The van der Waals surface area contributed by atoms with Crippen LogP contribution in [0.15, 0.2) is 47.4 Å². The summed E-state index contributed by atoms with van der Waals surface area (Å²) >= 11 is 0. The number of carbonyl (C=O) groups is 1. The number of methoxy groups -OCH3 is 2. The van der Waals surface area contributed by atoms with Crippen molar-refractivity contribution in [1.82, 2.24) is 10.2 Å². The minimum Gasteiger partial charge on any atom is -0.493 e. The van der Waals surface area contributed by atoms with Crippen molar-refractivity contribution in [2.24, 2.45) is 0 Å². The Hall–Kier alpha value is -2.99. The highest BCUT2D eigenvalue weighted by Crippen LogP contribution is 2.35. The smallest absolute Gasteiger partial charge is 0.416 e. The highest BCUT2D eigenvalue weighted by Gasteiger charge is 2.33. The van der Waals surface area contributed by atoms with Gasteiger partial charge in [0.25, 0.3) is 10.0 Å². The maximum Gasteiger partial charge on any atom is 0.416 e. The van der Waals surface area contributed by atoms with Gasteiger partial charge in [0.05, 0.1) is 30.4 Å². The number of nitrogens with zero attached hydrogens (tertiary/aromatic N) is 2. The molecule has 1 fully saturated rings. The lowest BCUT2D eigenvalue weighted by atomic mass is 10.2. The number of nitrogens with one attached hydrogen (secondary N) is 1. The summed E-state index contributed by atoms with van der Waals surface area (Å²) in [6, 6.07) is 7.70. The van der Waals surface area contributed by atoms with E-state index in [1.54, 1.807) is 0 Å². The molecule has 0 aromatic heterocycles. The van der Waals surface area contributed by atoms with E-state index in [1.807, 2.05) is 0 Å². The third-order valence-corrected chi connectivity index (χ3v) is 8.13. The van der Waals surface area contributed by atoms with Crippen molar-refractivity contribution in [2.45, 2.75) is 43.2 Å². The van der Waals surface area contributed by atoms with Crippen molar-refractivity contribution >= 4 is 21.6 Å². The SMILES string of the molecule is COc1ccc(S(=O)(=O)N(CC(=O)NCCCN2CCCCCC2)c2cccc(C(F)(F)F)c2)cc1OC. The quantitative estimate of drug-likeness (QED) is 0.415. The third-order valence-electron chi connectivity index (χ3n) is 6.36. The Morgan fingerprint density at radius 3 is 2.32 bits per heavy atom. The van der Waals surface area contributed by atoms with E-state index in [9.17, 15) is 26.4 Å². The van der Waals surface area contributed by atoms with Gasteiger partial charge < -0.3 is 19.7 Å². The second-order valence-electron chi connectivity index (χ2n) is 9.04. The van der Waals surface area contributed by atoms with E-state index in [1.165, 1.54) is 51.3 Å². The van der Waals surface area contributed by atoms with Gasteiger partial charge in [-0.2, -0.15) is 13.2 Å². The van der Waals surface area contributed by atoms with Crippen LogP contribution in [0.1, 0.15) is 37.7 Å². The molecule has 0 unspecified atom stereocenters. The normalized spacial score (nSPS) is 15.0. The largest absolute Gasteiger partial charge is 0.493 e. The molecule has 0 atom stereocenters. The molecular weight excluding hydrogens is 523 g/mol. The molecule has 1 amide bonds. The summed E-state index contributed by atoms with van der Waals surface area (Å²) in [5.41, 5.74) is -1.31. The predicted octanol–water partition coefficient (Wildman–Crippen LogP) is 4.30. The Morgan fingerprint density at radius 1 is 1.00 bits per heavy atom. The maximum absolute atomic E-state index is 13.6. The average Bonchev–Trinajstić information content (AvgIpc) is 3.17. The van der Waals surface area contributed by atoms with Crippen LogP contribution < -0.4 is 19.1 Å². The average molecular weight is 558 g/mol. The minimum atomic E-state index is -4.69. The summed E-state index contributed by atoms with van der Waals surface area (Å²) < 4.78 is 78.5. The minimum absolute atomic E-state index is 0.121. The number of ether oxygens (including phenoxy) is 2. The van der Waals surface area contributed by atoms with Crippen LogP contribution in [0.2, 0.25) is 0 Å². The van der Waals surface area contributed by atoms with Gasteiger partial charge in [-0.1, -0.05) is 18.9 Å². The molecule has 2 aromatic rings. The number of halogens is 3. The van der Waals surface area contributed by atoms with E-state index in [0.717, 1.165) is 44.6 Å². The van der Waals surface area contributed by atoms with Crippen molar-refractivity contribution in [3.05, 3.63) is 48.0 Å².